The van der Waals surface area contributed by atoms with Crippen molar-refractivity contribution in [1.82, 2.24) is 14.5 Å². The number of halogens is 1. The molecule has 0 aliphatic carbocycles. The van der Waals surface area contributed by atoms with Crippen molar-refractivity contribution in [2.45, 2.75) is 25.8 Å². The van der Waals surface area contributed by atoms with Crippen molar-refractivity contribution in [3.8, 4) is 0 Å². The molecule has 5 heteroatoms. The Morgan fingerprint density at radius 3 is 3.11 bits per heavy atom. The Bertz CT molecular complexity index is 646. The third-order valence-electron chi connectivity index (χ3n) is 3.97. The summed E-state index contributed by atoms with van der Waals surface area (Å²) in [6, 6.07) is 6.37. The summed E-state index contributed by atoms with van der Waals surface area (Å²) in [5.41, 5.74) is 2.20. The summed E-state index contributed by atoms with van der Waals surface area (Å²) >= 11 is 11.6. The van der Waals surface area contributed by atoms with Crippen LogP contribution in [0, 0.1) is 4.77 Å². The Kier molecular flexibility index (Phi) is 3.65. The topological polar surface area (TPSA) is 24.0 Å². The normalized spacial score (nSPS) is 21.1. The number of rotatable bonds is 2. The molecular formula is C14H18ClN3S. The lowest BCUT2D eigenvalue weighted by molar-refractivity contribution is 0.187. The van der Waals surface area contributed by atoms with Gasteiger partial charge in [0.1, 0.15) is 0 Å². The van der Waals surface area contributed by atoms with Gasteiger partial charge in [-0.3, -0.25) is 0 Å². The van der Waals surface area contributed by atoms with E-state index in [4.69, 9.17) is 23.8 Å². The lowest BCUT2D eigenvalue weighted by Crippen LogP contribution is -2.36. The first kappa shape index (κ1) is 13.2. The van der Waals surface area contributed by atoms with Gasteiger partial charge in [-0.05, 0) is 56.3 Å². The number of piperidine rings is 1. The van der Waals surface area contributed by atoms with E-state index in [1.807, 2.05) is 18.2 Å². The summed E-state index contributed by atoms with van der Waals surface area (Å²) in [4.78, 5) is 5.77. The maximum Gasteiger partial charge on any atom is 0.178 e. The molecule has 0 radical (unpaired) electrons. The van der Waals surface area contributed by atoms with Gasteiger partial charge >= 0.3 is 0 Å². The van der Waals surface area contributed by atoms with Crippen molar-refractivity contribution in [3.05, 3.63) is 28.0 Å². The zero-order valence-corrected chi connectivity index (χ0v) is 12.6. The Morgan fingerprint density at radius 2 is 2.32 bits per heavy atom. The fourth-order valence-electron chi connectivity index (χ4n) is 2.99. The summed E-state index contributed by atoms with van der Waals surface area (Å²) < 4.78 is 3.05. The molecule has 2 aromatic rings. The summed E-state index contributed by atoms with van der Waals surface area (Å²) in [7, 11) is 0. The van der Waals surface area contributed by atoms with Crippen molar-refractivity contribution >= 4 is 34.9 Å². The molecule has 2 heterocycles. The minimum absolute atomic E-state index is 0.452. The van der Waals surface area contributed by atoms with Gasteiger partial charge in [-0.1, -0.05) is 18.5 Å². The van der Waals surface area contributed by atoms with Crippen LogP contribution in [0.4, 0.5) is 0 Å². The van der Waals surface area contributed by atoms with Crippen LogP contribution in [-0.4, -0.2) is 34.1 Å². The molecule has 1 aliphatic heterocycles. The number of nitrogens with zero attached hydrogens (tertiary/aromatic N) is 2. The molecule has 1 unspecified atom stereocenters. The number of likely N-dealkylation sites (N-methyl/N-ethyl adjacent to an activating group) is 1. The van der Waals surface area contributed by atoms with E-state index in [1.54, 1.807) is 0 Å². The predicted octanol–water partition coefficient (Wildman–Crippen LogP) is 4.01. The van der Waals surface area contributed by atoms with Crippen molar-refractivity contribution in [1.29, 1.82) is 0 Å². The second-order valence-electron chi connectivity index (χ2n) is 5.15. The molecule has 1 fully saturated rings. The van der Waals surface area contributed by atoms with Crippen LogP contribution in [0.2, 0.25) is 5.02 Å². The van der Waals surface area contributed by atoms with Gasteiger partial charge in [-0.25, -0.2) is 0 Å². The van der Waals surface area contributed by atoms with Crippen molar-refractivity contribution in [2.75, 3.05) is 19.6 Å². The van der Waals surface area contributed by atoms with Crippen LogP contribution < -0.4 is 0 Å². The number of fused-ring (bicyclic) bond motifs is 1. The summed E-state index contributed by atoms with van der Waals surface area (Å²) in [6.07, 6.45) is 2.41. The molecule has 1 aromatic carbocycles. The summed E-state index contributed by atoms with van der Waals surface area (Å²) in [5.74, 6) is 0. The van der Waals surface area contributed by atoms with Crippen molar-refractivity contribution < 1.29 is 0 Å². The molecule has 0 spiro atoms. The Morgan fingerprint density at radius 1 is 1.47 bits per heavy atom. The van der Waals surface area contributed by atoms with Crippen LogP contribution in [0.3, 0.4) is 0 Å². The molecule has 3 nitrogen and oxygen atoms in total. The molecule has 0 saturated carbocycles. The maximum absolute atomic E-state index is 6.12. The van der Waals surface area contributed by atoms with E-state index in [1.165, 1.54) is 19.4 Å². The minimum Gasteiger partial charge on any atom is -0.331 e. The highest BCUT2D eigenvalue weighted by molar-refractivity contribution is 7.71. The van der Waals surface area contributed by atoms with Gasteiger partial charge in [0.05, 0.1) is 11.0 Å². The molecule has 1 N–H and O–H groups in total. The van der Waals surface area contributed by atoms with E-state index in [0.29, 0.717) is 6.04 Å². The van der Waals surface area contributed by atoms with Crippen LogP contribution in [-0.2, 0) is 0 Å². The smallest absolute Gasteiger partial charge is 0.178 e. The highest BCUT2D eigenvalue weighted by Gasteiger charge is 2.22. The fourth-order valence-corrected chi connectivity index (χ4v) is 3.51. The fraction of sp³-hybridized carbons (Fsp3) is 0.500. The van der Waals surface area contributed by atoms with Crippen LogP contribution in [0.5, 0.6) is 0 Å². The Balaban J connectivity index is 2.06. The first-order valence-corrected chi connectivity index (χ1v) is 7.60. The van der Waals surface area contributed by atoms with Gasteiger partial charge in [0.2, 0.25) is 0 Å². The third kappa shape index (κ3) is 2.45. The number of aromatic amines is 1. The van der Waals surface area contributed by atoms with Crippen molar-refractivity contribution in [3.63, 3.8) is 0 Å². The zero-order chi connectivity index (χ0) is 13.4. The number of hydrogen-bond acceptors (Lipinski definition) is 2. The van der Waals surface area contributed by atoms with Gasteiger partial charge < -0.3 is 14.5 Å². The number of hydrogen-bond donors (Lipinski definition) is 1. The molecule has 0 bridgehead atoms. The first-order chi connectivity index (χ1) is 9.19. The van der Waals surface area contributed by atoms with Gasteiger partial charge in [-0.15, -0.1) is 0 Å². The molecular weight excluding hydrogens is 278 g/mol. The molecule has 1 saturated heterocycles. The van der Waals surface area contributed by atoms with E-state index in [-0.39, 0.29) is 0 Å². The highest BCUT2D eigenvalue weighted by atomic mass is 35.5. The predicted molar refractivity (Wildman–Crippen MR) is 82.5 cm³/mol. The largest absolute Gasteiger partial charge is 0.331 e. The second-order valence-corrected chi connectivity index (χ2v) is 5.97. The SMILES string of the molecule is CCN1CCCC(n2c(=S)[nH]c3ccc(Cl)cc32)C1. The average Bonchev–Trinajstić information content (AvgIpc) is 2.74. The number of nitrogens with one attached hydrogen (secondary N) is 1. The van der Waals surface area contributed by atoms with Crippen LogP contribution >= 0.6 is 23.8 Å². The first-order valence-electron chi connectivity index (χ1n) is 6.81. The van der Waals surface area contributed by atoms with Gasteiger partial charge in [0.25, 0.3) is 0 Å². The number of likely N-dealkylation sites (tertiary alicyclic amines) is 1. The lowest BCUT2D eigenvalue weighted by atomic mass is 10.1. The van der Waals surface area contributed by atoms with Crippen molar-refractivity contribution in [2.24, 2.45) is 0 Å². The number of benzene rings is 1. The van der Waals surface area contributed by atoms with E-state index in [2.05, 4.69) is 21.4 Å². The lowest BCUT2D eigenvalue weighted by Gasteiger charge is -2.32. The molecule has 102 valence electrons. The molecule has 1 aliphatic rings. The molecule has 1 aromatic heterocycles. The quantitative estimate of drug-likeness (QED) is 0.847. The standard InChI is InChI=1S/C14H18ClN3S/c1-2-17-7-3-4-11(9-17)18-13-8-10(15)5-6-12(13)16-14(18)19/h5-6,8,11H,2-4,7,9H2,1H3,(H,16,19). The van der Waals surface area contributed by atoms with Crippen LogP contribution in [0.15, 0.2) is 18.2 Å². The van der Waals surface area contributed by atoms with Crippen LogP contribution in [0.25, 0.3) is 11.0 Å². The number of imidazole rings is 1. The van der Waals surface area contributed by atoms with E-state index in [0.717, 1.165) is 33.9 Å². The monoisotopic (exact) mass is 295 g/mol. The van der Waals surface area contributed by atoms with Crippen LogP contribution in [0.1, 0.15) is 25.8 Å². The van der Waals surface area contributed by atoms with E-state index >= 15 is 0 Å². The molecule has 1 atom stereocenters. The zero-order valence-electron chi connectivity index (χ0n) is 11.0. The van der Waals surface area contributed by atoms with Gasteiger partial charge in [0, 0.05) is 17.6 Å². The summed E-state index contributed by atoms with van der Waals surface area (Å²) in [5, 5.41) is 0.762. The van der Waals surface area contributed by atoms with Gasteiger partial charge in [0.15, 0.2) is 4.77 Å². The molecule has 3 rings (SSSR count). The minimum atomic E-state index is 0.452. The van der Waals surface area contributed by atoms with E-state index < -0.39 is 0 Å². The van der Waals surface area contributed by atoms with Gasteiger partial charge in [-0.2, -0.15) is 0 Å². The maximum atomic E-state index is 6.12. The highest BCUT2D eigenvalue weighted by Crippen LogP contribution is 2.28. The second kappa shape index (κ2) is 5.27. The Hall–Kier alpha value is -0.840. The molecule has 0 amide bonds. The summed E-state index contributed by atoms with van der Waals surface area (Å²) in [6.45, 7) is 5.59. The Labute approximate surface area is 123 Å². The molecule has 19 heavy (non-hydrogen) atoms. The number of aromatic nitrogens is 2. The average molecular weight is 296 g/mol. The third-order valence-corrected chi connectivity index (χ3v) is 4.51. The van der Waals surface area contributed by atoms with E-state index in [9.17, 15) is 0 Å². The number of H-pyrrole nitrogens is 1.